The lowest BCUT2D eigenvalue weighted by atomic mass is 10.1. The predicted octanol–water partition coefficient (Wildman–Crippen LogP) is 1.98. The molecule has 0 aliphatic carbocycles. The van der Waals surface area contributed by atoms with Gasteiger partial charge in [0.15, 0.2) is 0 Å². The van der Waals surface area contributed by atoms with Crippen LogP contribution in [0.4, 0.5) is 0 Å². The van der Waals surface area contributed by atoms with Crippen molar-refractivity contribution >= 4 is 15.8 Å². The van der Waals surface area contributed by atoms with Crippen molar-refractivity contribution in [3.8, 4) is 0 Å². The van der Waals surface area contributed by atoms with Crippen molar-refractivity contribution in [3.63, 3.8) is 0 Å². The fourth-order valence-corrected chi connectivity index (χ4v) is 2.06. The zero-order valence-electron chi connectivity index (χ0n) is 7.23. The summed E-state index contributed by atoms with van der Waals surface area (Å²) in [6.45, 7) is 2.01. The lowest BCUT2D eigenvalue weighted by Crippen LogP contribution is -2.03. The van der Waals surface area contributed by atoms with Gasteiger partial charge in [-0.05, 0) is 13.0 Å². The maximum atomic E-state index is 11.4. The van der Waals surface area contributed by atoms with Gasteiger partial charge in [-0.15, -0.1) is 0 Å². The highest BCUT2D eigenvalue weighted by molar-refractivity contribution is 8.04. The molecule has 1 aliphatic rings. The molecule has 13 heavy (non-hydrogen) atoms. The summed E-state index contributed by atoms with van der Waals surface area (Å²) >= 11 is 0. The van der Waals surface area contributed by atoms with Gasteiger partial charge in [0.25, 0.3) is 0 Å². The molecule has 1 aliphatic heterocycles. The van der Waals surface area contributed by atoms with Crippen molar-refractivity contribution < 1.29 is 4.21 Å². The number of benzene rings is 1. The second-order valence-electron chi connectivity index (χ2n) is 2.89. The van der Waals surface area contributed by atoms with E-state index in [0.717, 1.165) is 11.1 Å². The number of rotatable bonds is 1. The van der Waals surface area contributed by atoms with E-state index in [2.05, 4.69) is 4.99 Å². The van der Waals surface area contributed by atoms with Crippen LogP contribution in [-0.4, -0.2) is 9.25 Å². The van der Waals surface area contributed by atoms with Gasteiger partial charge >= 0.3 is 0 Å². The van der Waals surface area contributed by atoms with Gasteiger partial charge in [0, 0.05) is 17.2 Å². The Labute approximate surface area is 79.5 Å². The maximum Gasteiger partial charge on any atom is 0.138 e. The van der Waals surface area contributed by atoms with Crippen molar-refractivity contribution in [2.24, 2.45) is 4.99 Å². The molecule has 0 saturated heterocycles. The molecule has 0 radical (unpaired) electrons. The molecule has 66 valence electrons. The zero-order chi connectivity index (χ0) is 9.26. The Balaban J connectivity index is 2.42. The minimum atomic E-state index is -1.05. The number of aryl methyl sites for hydroxylation is 1. The second-order valence-corrected chi connectivity index (χ2v) is 4.14. The maximum absolute atomic E-state index is 11.4. The van der Waals surface area contributed by atoms with E-state index in [1.165, 1.54) is 0 Å². The molecule has 0 saturated carbocycles. The second kappa shape index (κ2) is 3.26. The van der Waals surface area contributed by atoms with E-state index in [1.54, 1.807) is 11.6 Å². The molecule has 1 atom stereocenters. The molecule has 0 spiro atoms. The van der Waals surface area contributed by atoms with E-state index >= 15 is 0 Å². The first kappa shape index (κ1) is 8.38. The van der Waals surface area contributed by atoms with Crippen molar-refractivity contribution in [2.45, 2.75) is 6.92 Å². The van der Waals surface area contributed by atoms with E-state index in [9.17, 15) is 4.21 Å². The fraction of sp³-hybridized carbons (Fsp3) is 0.100. The molecule has 1 aromatic rings. The summed E-state index contributed by atoms with van der Waals surface area (Å²) in [5, 5.41) is 2.25. The Kier molecular flexibility index (Phi) is 2.10. The molecular weight excluding hydrogens is 182 g/mol. The Bertz CT molecular complexity index is 421. The van der Waals surface area contributed by atoms with Gasteiger partial charge in [-0.25, -0.2) is 9.20 Å². The summed E-state index contributed by atoms with van der Waals surface area (Å²) in [6.07, 6.45) is 1.59. The van der Waals surface area contributed by atoms with E-state index in [4.69, 9.17) is 0 Å². The molecule has 3 heteroatoms. The van der Waals surface area contributed by atoms with Crippen LogP contribution in [-0.2, 0) is 10.8 Å². The summed E-state index contributed by atoms with van der Waals surface area (Å²) in [7, 11) is -1.05. The van der Waals surface area contributed by atoms with Gasteiger partial charge in [0.05, 0.1) is 10.8 Å². The van der Waals surface area contributed by atoms with Crippen LogP contribution in [0, 0.1) is 6.92 Å². The summed E-state index contributed by atoms with van der Waals surface area (Å²) in [6, 6.07) is 7.87. The van der Waals surface area contributed by atoms with Crippen molar-refractivity contribution in [2.75, 3.05) is 0 Å². The van der Waals surface area contributed by atoms with Crippen LogP contribution in [0.1, 0.15) is 11.1 Å². The Hall–Kier alpha value is -1.22. The summed E-state index contributed by atoms with van der Waals surface area (Å²) in [5.74, 6) is 0. The van der Waals surface area contributed by atoms with Crippen molar-refractivity contribution in [1.29, 1.82) is 0 Å². The standard InChI is InChI=1S/C10H9NOS/c1-8-3-2-4-9(7-8)10-11-5-6-13(10)12/h2-7H,1H3. The largest absolute Gasteiger partial charge is 0.248 e. The smallest absolute Gasteiger partial charge is 0.138 e. The van der Waals surface area contributed by atoms with Gasteiger partial charge in [-0.3, -0.25) is 0 Å². The van der Waals surface area contributed by atoms with Crippen LogP contribution >= 0.6 is 0 Å². The third-order valence-electron chi connectivity index (χ3n) is 1.83. The quantitative estimate of drug-likeness (QED) is 0.667. The van der Waals surface area contributed by atoms with Crippen molar-refractivity contribution in [1.82, 2.24) is 0 Å². The Morgan fingerprint density at radius 3 is 2.85 bits per heavy atom. The average Bonchev–Trinajstić information content (AvgIpc) is 2.51. The molecule has 0 N–H and O–H groups in total. The van der Waals surface area contributed by atoms with Crippen molar-refractivity contribution in [3.05, 3.63) is 47.0 Å². The first-order chi connectivity index (χ1) is 6.27. The highest BCUT2D eigenvalue weighted by Crippen LogP contribution is 2.12. The monoisotopic (exact) mass is 191 g/mol. The van der Waals surface area contributed by atoms with Gasteiger partial charge in [0.2, 0.25) is 0 Å². The first-order valence-corrected chi connectivity index (χ1v) is 5.21. The highest BCUT2D eigenvalue weighted by atomic mass is 32.2. The number of aliphatic imine (C=N–C) groups is 1. The first-order valence-electron chi connectivity index (χ1n) is 3.99. The molecular formula is C10H9NOS. The van der Waals surface area contributed by atoms with Crippen LogP contribution in [0.5, 0.6) is 0 Å². The lowest BCUT2D eigenvalue weighted by Gasteiger charge is -1.99. The topological polar surface area (TPSA) is 29.4 Å². The third-order valence-corrected chi connectivity index (χ3v) is 2.92. The van der Waals surface area contributed by atoms with Crippen LogP contribution in [0.25, 0.3) is 0 Å². The van der Waals surface area contributed by atoms with Crippen LogP contribution < -0.4 is 0 Å². The van der Waals surface area contributed by atoms with Gasteiger partial charge < -0.3 is 0 Å². The minimum absolute atomic E-state index is 0.656. The van der Waals surface area contributed by atoms with E-state index < -0.39 is 10.8 Å². The SMILES string of the molecule is Cc1cccc(C2=NC=CS2=O)c1. The summed E-state index contributed by atoms with van der Waals surface area (Å²) < 4.78 is 11.4. The Morgan fingerprint density at radius 2 is 2.23 bits per heavy atom. The average molecular weight is 191 g/mol. The summed E-state index contributed by atoms with van der Waals surface area (Å²) in [4.78, 5) is 4.06. The lowest BCUT2D eigenvalue weighted by molar-refractivity contribution is 0.695. The van der Waals surface area contributed by atoms with Crippen LogP contribution in [0.3, 0.4) is 0 Å². The van der Waals surface area contributed by atoms with E-state index in [1.807, 2.05) is 31.2 Å². The molecule has 0 aromatic heterocycles. The summed E-state index contributed by atoms with van der Waals surface area (Å²) in [5.41, 5.74) is 2.10. The normalized spacial score (nSPS) is 20.4. The van der Waals surface area contributed by atoms with Gasteiger partial charge in [0.1, 0.15) is 5.04 Å². The number of nitrogens with zero attached hydrogens (tertiary/aromatic N) is 1. The minimum Gasteiger partial charge on any atom is -0.248 e. The van der Waals surface area contributed by atoms with Gasteiger partial charge in [-0.2, -0.15) is 0 Å². The molecule has 0 bridgehead atoms. The molecule has 1 unspecified atom stereocenters. The molecule has 1 aromatic carbocycles. The molecule has 0 amide bonds. The third kappa shape index (κ3) is 1.60. The fourth-order valence-electron chi connectivity index (χ4n) is 1.24. The number of hydrogen-bond donors (Lipinski definition) is 0. The van der Waals surface area contributed by atoms with Crippen LogP contribution in [0.15, 0.2) is 40.9 Å². The molecule has 1 heterocycles. The highest BCUT2D eigenvalue weighted by Gasteiger charge is 2.12. The molecule has 2 nitrogen and oxygen atoms in total. The van der Waals surface area contributed by atoms with Gasteiger partial charge in [-0.1, -0.05) is 23.8 Å². The van der Waals surface area contributed by atoms with E-state index in [0.29, 0.717) is 5.04 Å². The zero-order valence-corrected chi connectivity index (χ0v) is 8.04. The molecule has 2 rings (SSSR count). The molecule has 0 fully saturated rings. The van der Waals surface area contributed by atoms with E-state index in [-0.39, 0.29) is 0 Å². The number of hydrogen-bond acceptors (Lipinski definition) is 2. The Morgan fingerprint density at radius 1 is 1.38 bits per heavy atom. The van der Waals surface area contributed by atoms with Crippen LogP contribution in [0.2, 0.25) is 0 Å². The predicted molar refractivity (Wildman–Crippen MR) is 55.0 cm³/mol.